The van der Waals surface area contributed by atoms with Crippen LogP contribution in [0.3, 0.4) is 0 Å². The lowest BCUT2D eigenvalue weighted by Gasteiger charge is -2.16. The number of sulfonamides is 1. The molecule has 110 valence electrons. The van der Waals surface area contributed by atoms with E-state index in [-0.39, 0.29) is 11.4 Å². The summed E-state index contributed by atoms with van der Waals surface area (Å²) in [6, 6.07) is 0. The fraction of sp³-hybridized carbons (Fsp3) is 0.455. The molecule has 0 bridgehead atoms. The van der Waals surface area contributed by atoms with E-state index < -0.39 is 10.0 Å². The van der Waals surface area contributed by atoms with Crippen LogP contribution in [-0.2, 0) is 30.2 Å². The van der Waals surface area contributed by atoms with E-state index >= 15 is 0 Å². The molecule has 0 aliphatic heterocycles. The van der Waals surface area contributed by atoms with Crippen LogP contribution in [0.15, 0.2) is 23.5 Å². The lowest BCUT2D eigenvalue weighted by molar-refractivity contribution is 0.447. The number of aryl methyl sites for hydroxylation is 2. The lowest BCUT2D eigenvalue weighted by atomic mass is 10.4. The smallest absolute Gasteiger partial charge is 0.246 e. The van der Waals surface area contributed by atoms with Gasteiger partial charge in [-0.3, -0.25) is 9.36 Å². The Kier molecular flexibility index (Phi) is 4.17. The van der Waals surface area contributed by atoms with Gasteiger partial charge in [-0.1, -0.05) is 11.6 Å². The van der Waals surface area contributed by atoms with Crippen molar-refractivity contribution in [2.24, 2.45) is 7.05 Å². The Morgan fingerprint density at radius 1 is 1.35 bits per heavy atom. The molecule has 0 spiro atoms. The van der Waals surface area contributed by atoms with E-state index in [4.69, 9.17) is 11.6 Å². The third kappa shape index (κ3) is 2.72. The zero-order chi connectivity index (χ0) is 14.9. The van der Waals surface area contributed by atoms with Crippen molar-refractivity contribution in [1.82, 2.24) is 23.9 Å². The Hall–Kier alpha value is -1.38. The summed E-state index contributed by atoms with van der Waals surface area (Å²) in [6.07, 6.45) is 4.31. The lowest BCUT2D eigenvalue weighted by Crippen LogP contribution is -2.27. The molecule has 0 aliphatic carbocycles. The van der Waals surface area contributed by atoms with E-state index in [2.05, 4.69) is 10.2 Å². The molecule has 20 heavy (non-hydrogen) atoms. The average molecular weight is 318 g/mol. The molecule has 0 saturated heterocycles. The zero-order valence-electron chi connectivity index (χ0n) is 11.5. The molecule has 0 unspecified atom stereocenters. The molecule has 0 N–H and O–H groups in total. The number of aromatic nitrogens is 4. The van der Waals surface area contributed by atoms with Crippen LogP contribution < -0.4 is 0 Å². The van der Waals surface area contributed by atoms with Crippen LogP contribution in [0.1, 0.15) is 12.6 Å². The largest absolute Gasteiger partial charge is 0.274 e. The molecule has 0 aliphatic rings. The highest BCUT2D eigenvalue weighted by molar-refractivity contribution is 7.89. The first kappa shape index (κ1) is 15.0. The molecule has 0 radical (unpaired) electrons. The minimum Gasteiger partial charge on any atom is -0.274 e. The number of hydrogen-bond acceptors (Lipinski definition) is 4. The van der Waals surface area contributed by atoms with Crippen LogP contribution in [-0.4, -0.2) is 39.3 Å². The summed E-state index contributed by atoms with van der Waals surface area (Å²) in [5.74, 6) is 0. The molecule has 0 saturated carbocycles. The number of nitrogens with zero attached hydrogens (tertiary/aromatic N) is 5. The van der Waals surface area contributed by atoms with E-state index in [1.807, 2.05) is 6.92 Å². The van der Waals surface area contributed by atoms with Gasteiger partial charge in [0.25, 0.3) is 0 Å². The molecule has 9 heteroatoms. The monoisotopic (exact) mass is 317 g/mol. The molecule has 2 heterocycles. The fourth-order valence-corrected chi connectivity index (χ4v) is 3.14. The summed E-state index contributed by atoms with van der Waals surface area (Å²) in [7, 11) is -0.411. The fourth-order valence-electron chi connectivity index (χ4n) is 1.83. The van der Waals surface area contributed by atoms with Gasteiger partial charge in [-0.05, 0) is 6.92 Å². The highest BCUT2D eigenvalue weighted by Crippen LogP contribution is 2.20. The molecule has 2 aromatic rings. The maximum absolute atomic E-state index is 12.4. The van der Waals surface area contributed by atoms with Gasteiger partial charge in [0, 0.05) is 26.8 Å². The first-order valence-corrected chi connectivity index (χ1v) is 7.83. The molecule has 0 fully saturated rings. The summed E-state index contributed by atoms with van der Waals surface area (Å²) < 4.78 is 29.1. The van der Waals surface area contributed by atoms with Crippen LogP contribution in [0.4, 0.5) is 0 Å². The van der Waals surface area contributed by atoms with Crippen LogP contribution in [0.2, 0.25) is 5.02 Å². The van der Waals surface area contributed by atoms with Crippen LogP contribution in [0.5, 0.6) is 0 Å². The van der Waals surface area contributed by atoms with Crippen molar-refractivity contribution < 1.29 is 8.42 Å². The summed E-state index contributed by atoms with van der Waals surface area (Å²) in [4.78, 5) is 0.154. The van der Waals surface area contributed by atoms with Gasteiger partial charge in [0.1, 0.15) is 4.90 Å². The Morgan fingerprint density at radius 3 is 2.60 bits per heavy atom. The highest BCUT2D eigenvalue weighted by atomic mass is 35.5. The second-order valence-electron chi connectivity index (χ2n) is 4.37. The number of hydrogen-bond donors (Lipinski definition) is 0. The molecular weight excluding hydrogens is 302 g/mol. The third-order valence-corrected chi connectivity index (χ3v) is 5.03. The second kappa shape index (κ2) is 5.55. The summed E-state index contributed by atoms with van der Waals surface area (Å²) in [5.41, 5.74) is 0.670. The van der Waals surface area contributed by atoms with E-state index in [0.717, 1.165) is 0 Å². The molecule has 0 atom stereocenters. The predicted octanol–water partition coefficient (Wildman–Crippen LogP) is 1.11. The molecule has 2 aromatic heterocycles. The number of rotatable bonds is 5. The van der Waals surface area contributed by atoms with Crippen molar-refractivity contribution in [3.05, 3.63) is 29.3 Å². The van der Waals surface area contributed by atoms with E-state index in [1.165, 1.54) is 34.6 Å². The summed E-state index contributed by atoms with van der Waals surface area (Å²) in [5, 5.41) is 8.43. The normalized spacial score (nSPS) is 12.2. The average Bonchev–Trinajstić information content (AvgIpc) is 2.97. The Morgan fingerprint density at radius 2 is 2.05 bits per heavy atom. The molecule has 0 amide bonds. The van der Waals surface area contributed by atoms with Crippen molar-refractivity contribution >= 4 is 21.6 Å². The van der Waals surface area contributed by atoms with Crippen molar-refractivity contribution in [2.45, 2.75) is 24.9 Å². The van der Waals surface area contributed by atoms with Gasteiger partial charge in [-0.15, -0.1) is 0 Å². The van der Waals surface area contributed by atoms with Crippen molar-refractivity contribution in [3.8, 4) is 0 Å². The van der Waals surface area contributed by atoms with Gasteiger partial charge in [0.05, 0.1) is 29.7 Å². The molecular formula is C11H16ClN5O2S. The third-order valence-electron chi connectivity index (χ3n) is 2.96. The van der Waals surface area contributed by atoms with Crippen LogP contribution in [0, 0.1) is 0 Å². The molecule has 0 aromatic carbocycles. The Balaban J connectivity index is 2.28. The van der Waals surface area contributed by atoms with Gasteiger partial charge in [-0.25, -0.2) is 8.42 Å². The Labute approximate surface area is 122 Å². The molecule has 2 rings (SSSR count). The van der Waals surface area contributed by atoms with Crippen LogP contribution >= 0.6 is 11.6 Å². The standard InChI is InChI=1S/C11H16ClN5O2S/c1-4-17-11(10(12)6-14-17)8-16(3)20(18,19)9-5-13-15(2)7-9/h5-7H,4,8H2,1-3H3. The van der Waals surface area contributed by atoms with Gasteiger partial charge >= 0.3 is 0 Å². The minimum absolute atomic E-state index is 0.154. The van der Waals surface area contributed by atoms with E-state index in [0.29, 0.717) is 17.3 Å². The van der Waals surface area contributed by atoms with Gasteiger partial charge < -0.3 is 0 Å². The first-order valence-electron chi connectivity index (χ1n) is 6.01. The second-order valence-corrected chi connectivity index (χ2v) is 6.82. The van der Waals surface area contributed by atoms with E-state index in [9.17, 15) is 8.42 Å². The quantitative estimate of drug-likeness (QED) is 0.828. The molecule has 7 nitrogen and oxygen atoms in total. The van der Waals surface area contributed by atoms with Crippen molar-refractivity contribution in [1.29, 1.82) is 0 Å². The topological polar surface area (TPSA) is 73.0 Å². The SMILES string of the molecule is CCn1ncc(Cl)c1CN(C)S(=O)(=O)c1cnn(C)c1. The summed E-state index contributed by atoms with van der Waals surface area (Å²) in [6.45, 7) is 2.70. The Bertz CT molecular complexity index is 706. The first-order chi connectivity index (χ1) is 9.36. The number of halogens is 1. The van der Waals surface area contributed by atoms with Gasteiger partial charge in [0.2, 0.25) is 10.0 Å². The van der Waals surface area contributed by atoms with Gasteiger partial charge in [-0.2, -0.15) is 14.5 Å². The summed E-state index contributed by atoms with van der Waals surface area (Å²) >= 11 is 6.05. The van der Waals surface area contributed by atoms with E-state index in [1.54, 1.807) is 11.7 Å². The highest BCUT2D eigenvalue weighted by Gasteiger charge is 2.24. The maximum Gasteiger partial charge on any atom is 0.246 e. The maximum atomic E-state index is 12.4. The minimum atomic E-state index is -3.59. The zero-order valence-corrected chi connectivity index (χ0v) is 13.1. The van der Waals surface area contributed by atoms with Gasteiger partial charge in [0.15, 0.2) is 0 Å². The van der Waals surface area contributed by atoms with Crippen molar-refractivity contribution in [3.63, 3.8) is 0 Å². The predicted molar refractivity (Wildman–Crippen MR) is 74.8 cm³/mol. The van der Waals surface area contributed by atoms with Crippen LogP contribution in [0.25, 0.3) is 0 Å². The van der Waals surface area contributed by atoms with Crippen molar-refractivity contribution in [2.75, 3.05) is 7.05 Å².